The highest BCUT2D eigenvalue weighted by Crippen LogP contribution is 2.29. The summed E-state index contributed by atoms with van der Waals surface area (Å²) < 4.78 is 13.3. The number of carbonyl (C=O) groups excluding carboxylic acids is 1. The first-order valence-corrected chi connectivity index (χ1v) is 6.58. The highest BCUT2D eigenvalue weighted by Gasteiger charge is 2.25. The molecular formula is C14H20FN3O. The van der Waals surface area contributed by atoms with Crippen molar-refractivity contribution in [1.29, 1.82) is 0 Å². The molecule has 1 heterocycles. The van der Waals surface area contributed by atoms with Gasteiger partial charge in [0.1, 0.15) is 5.82 Å². The molecule has 1 aliphatic heterocycles. The minimum Gasteiger partial charge on any atom is -0.370 e. The molecule has 1 unspecified atom stereocenters. The van der Waals surface area contributed by atoms with Gasteiger partial charge in [0.25, 0.3) is 0 Å². The lowest BCUT2D eigenvalue weighted by Gasteiger charge is -2.34. The fourth-order valence-electron chi connectivity index (χ4n) is 2.61. The van der Waals surface area contributed by atoms with Crippen molar-refractivity contribution < 1.29 is 9.18 Å². The minimum absolute atomic E-state index is 0.139. The number of amides is 1. The third-order valence-electron chi connectivity index (χ3n) is 3.64. The topological polar surface area (TPSA) is 72.3 Å². The monoisotopic (exact) mass is 265 g/mol. The molecule has 0 aromatic heterocycles. The van der Waals surface area contributed by atoms with Crippen LogP contribution in [-0.2, 0) is 4.79 Å². The van der Waals surface area contributed by atoms with Crippen molar-refractivity contribution in [2.45, 2.75) is 25.8 Å². The molecule has 5 heteroatoms. The van der Waals surface area contributed by atoms with Crippen LogP contribution in [0.5, 0.6) is 0 Å². The zero-order chi connectivity index (χ0) is 14.0. The predicted molar refractivity (Wildman–Crippen MR) is 73.1 cm³/mol. The van der Waals surface area contributed by atoms with E-state index in [1.54, 1.807) is 6.07 Å². The van der Waals surface area contributed by atoms with Gasteiger partial charge in [-0.15, -0.1) is 0 Å². The van der Waals surface area contributed by atoms with Crippen LogP contribution in [0.1, 0.15) is 31.4 Å². The smallest absolute Gasteiger partial charge is 0.222 e. The molecule has 1 amide bonds. The molecule has 2 rings (SSSR count). The third kappa shape index (κ3) is 3.04. The van der Waals surface area contributed by atoms with Crippen LogP contribution in [0.15, 0.2) is 18.2 Å². The van der Waals surface area contributed by atoms with Gasteiger partial charge in [-0.1, -0.05) is 0 Å². The Kier molecular flexibility index (Phi) is 4.04. The van der Waals surface area contributed by atoms with Crippen LogP contribution in [0, 0.1) is 11.7 Å². The highest BCUT2D eigenvalue weighted by molar-refractivity contribution is 5.77. The van der Waals surface area contributed by atoms with Crippen LogP contribution >= 0.6 is 0 Å². The van der Waals surface area contributed by atoms with Crippen molar-refractivity contribution in [1.82, 2.24) is 0 Å². The Labute approximate surface area is 112 Å². The molecular weight excluding hydrogens is 245 g/mol. The number of hydrogen-bond donors (Lipinski definition) is 2. The Hall–Kier alpha value is -1.62. The zero-order valence-corrected chi connectivity index (χ0v) is 11.1. The van der Waals surface area contributed by atoms with Crippen molar-refractivity contribution in [2.75, 3.05) is 18.0 Å². The summed E-state index contributed by atoms with van der Waals surface area (Å²) in [4.78, 5) is 13.4. The number of hydrogen-bond acceptors (Lipinski definition) is 3. The van der Waals surface area contributed by atoms with Crippen molar-refractivity contribution in [3.8, 4) is 0 Å². The molecule has 0 aliphatic carbocycles. The summed E-state index contributed by atoms with van der Waals surface area (Å²) in [5.74, 6) is -0.701. The van der Waals surface area contributed by atoms with Crippen molar-refractivity contribution in [2.24, 2.45) is 17.4 Å². The second-order valence-electron chi connectivity index (χ2n) is 5.18. The van der Waals surface area contributed by atoms with Gasteiger partial charge in [-0.25, -0.2) is 4.39 Å². The quantitative estimate of drug-likeness (QED) is 0.871. The first-order valence-electron chi connectivity index (χ1n) is 6.58. The molecule has 4 nitrogen and oxygen atoms in total. The number of carbonyl (C=O) groups is 1. The number of piperidine rings is 1. The Morgan fingerprint density at radius 3 is 2.89 bits per heavy atom. The molecule has 0 saturated carbocycles. The minimum atomic E-state index is -0.292. The van der Waals surface area contributed by atoms with Crippen molar-refractivity contribution in [3.05, 3.63) is 29.6 Å². The van der Waals surface area contributed by atoms with E-state index in [1.807, 2.05) is 6.92 Å². The molecule has 104 valence electrons. The molecule has 4 N–H and O–H groups in total. The number of benzene rings is 1. The van der Waals surface area contributed by atoms with Gasteiger partial charge in [-0.05, 0) is 43.5 Å². The lowest BCUT2D eigenvalue weighted by Crippen LogP contribution is -2.41. The van der Waals surface area contributed by atoms with E-state index in [0.717, 1.165) is 30.6 Å². The summed E-state index contributed by atoms with van der Waals surface area (Å²) in [6, 6.07) is 4.38. The van der Waals surface area contributed by atoms with E-state index < -0.39 is 0 Å². The van der Waals surface area contributed by atoms with Gasteiger partial charge in [0.2, 0.25) is 5.91 Å². The average Bonchev–Trinajstić information content (AvgIpc) is 2.38. The van der Waals surface area contributed by atoms with Gasteiger partial charge in [0.15, 0.2) is 0 Å². The van der Waals surface area contributed by atoms with Crippen LogP contribution in [-0.4, -0.2) is 19.0 Å². The van der Waals surface area contributed by atoms with Crippen LogP contribution in [0.2, 0.25) is 0 Å². The number of nitrogens with zero attached hydrogens (tertiary/aromatic N) is 1. The van der Waals surface area contributed by atoms with Crippen molar-refractivity contribution in [3.63, 3.8) is 0 Å². The normalized spacial score (nSPS) is 21.2. The molecule has 0 bridgehead atoms. The summed E-state index contributed by atoms with van der Waals surface area (Å²) in [5, 5.41) is 0. The van der Waals surface area contributed by atoms with Crippen LogP contribution < -0.4 is 16.4 Å². The van der Waals surface area contributed by atoms with E-state index in [9.17, 15) is 9.18 Å². The largest absolute Gasteiger partial charge is 0.370 e. The highest BCUT2D eigenvalue weighted by atomic mass is 19.1. The van der Waals surface area contributed by atoms with Crippen molar-refractivity contribution >= 4 is 11.6 Å². The Bertz CT molecular complexity index is 476. The Balaban J connectivity index is 2.28. The Morgan fingerprint density at radius 1 is 1.53 bits per heavy atom. The predicted octanol–water partition coefficient (Wildman–Crippen LogP) is 1.55. The second kappa shape index (κ2) is 5.57. The van der Waals surface area contributed by atoms with E-state index in [-0.39, 0.29) is 23.7 Å². The summed E-state index contributed by atoms with van der Waals surface area (Å²) in [6.45, 7) is 3.25. The van der Waals surface area contributed by atoms with Crippen LogP contribution in [0.4, 0.5) is 10.1 Å². The molecule has 1 aromatic rings. The van der Waals surface area contributed by atoms with Crippen LogP contribution in [0.3, 0.4) is 0 Å². The van der Waals surface area contributed by atoms with Gasteiger partial charge >= 0.3 is 0 Å². The number of primary amides is 1. The van der Waals surface area contributed by atoms with Gasteiger partial charge < -0.3 is 16.4 Å². The van der Waals surface area contributed by atoms with Crippen LogP contribution in [0.25, 0.3) is 0 Å². The molecule has 1 aromatic carbocycles. The molecule has 0 radical (unpaired) electrons. The van der Waals surface area contributed by atoms with E-state index in [0.29, 0.717) is 6.54 Å². The number of nitrogens with two attached hydrogens (primary N) is 2. The number of anilines is 1. The van der Waals surface area contributed by atoms with E-state index in [2.05, 4.69) is 4.90 Å². The second-order valence-corrected chi connectivity index (χ2v) is 5.18. The number of halogens is 1. The molecule has 1 saturated heterocycles. The molecule has 1 fully saturated rings. The average molecular weight is 265 g/mol. The Morgan fingerprint density at radius 2 is 2.26 bits per heavy atom. The summed E-state index contributed by atoms with van der Waals surface area (Å²) in [5.41, 5.74) is 13.0. The summed E-state index contributed by atoms with van der Waals surface area (Å²) in [7, 11) is 0. The fourth-order valence-corrected chi connectivity index (χ4v) is 2.61. The first-order chi connectivity index (χ1) is 8.99. The first kappa shape index (κ1) is 13.8. The van der Waals surface area contributed by atoms with Gasteiger partial charge in [0.05, 0.1) is 5.92 Å². The maximum absolute atomic E-state index is 13.3. The van der Waals surface area contributed by atoms with E-state index in [1.165, 1.54) is 12.1 Å². The van der Waals surface area contributed by atoms with Gasteiger partial charge in [-0.2, -0.15) is 0 Å². The molecule has 2 atom stereocenters. The SMILES string of the molecule is C[C@H](N)c1cc(F)ccc1N1CCCC(C(N)=O)C1. The maximum atomic E-state index is 13.3. The maximum Gasteiger partial charge on any atom is 0.222 e. The third-order valence-corrected chi connectivity index (χ3v) is 3.64. The summed E-state index contributed by atoms with van der Waals surface area (Å²) in [6.07, 6.45) is 1.73. The van der Waals surface area contributed by atoms with E-state index >= 15 is 0 Å². The standard InChI is InChI=1S/C14H20FN3O/c1-9(16)12-7-11(15)4-5-13(12)18-6-2-3-10(8-18)14(17)19/h4-5,7,9-10H,2-3,6,8,16H2,1H3,(H2,17,19)/t9-,10?/m0/s1. The zero-order valence-electron chi connectivity index (χ0n) is 11.1. The fraction of sp³-hybridized carbons (Fsp3) is 0.500. The lowest BCUT2D eigenvalue weighted by molar-refractivity contribution is -0.122. The van der Waals surface area contributed by atoms with Gasteiger partial charge in [-0.3, -0.25) is 4.79 Å². The molecule has 0 spiro atoms. The molecule has 1 aliphatic rings. The molecule has 19 heavy (non-hydrogen) atoms. The summed E-state index contributed by atoms with van der Waals surface area (Å²) >= 11 is 0. The number of rotatable bonds is 3. The lowest BCUT2D eigenvalue weighted by atomic mass is 9.95. The van der Waals surface area contributed by atoms with E-state index in [4.69, 9.17) is 11.5 Å². The van der Waals surface area contributed by atoms with Gasteiger partial charge in [0, 0.05) is 24.8 Å².